The summed E-state index contributed by atoms with van der Waals surface area (Å²) < 4.78 is 116. The largest absolute Gasteiger partial charge is 0.497 e. The molecule has 0 saturated heterocycles. The fourth-order valence-electron chi connectivity index (χ4n) is 7.75. The molecule has 7 rings (SSSR count). The van der Waals surface area contributed by atoms with E-state index in [1.165, 1.54) is 87.1 Å². The Bertz CT molecular complexity index is 3430. The van der Waals surface area contributed by atoms with E-state index in [0.29, 0.717) is 81.8 Å². The normalized spacial score (nSPS) is 19.0. The van der Waals surface area contributed by atoms with Crippen LogP contribution in [0.5, 0.6) is 11.5 Å². The van der Waals surface area contributed by atoms with E-state index in [2.05, 4.69) is 21.3 Å². The highest BCUT2D eigenvalue weighted by Gasteiger charge is 2.54. The van der Waals surface area contributed by atoms with Crippen LogP contribution in [0.3, 0.4) is 0 Å². The quantitative estimate of drug-likeness (QED) is 0.0348. The number of methoxy groups -OCH3 is 2. The van der Waals surface area contributed by atoms with Crippen molar-refractivity contribution in [3.8, 4) is 11.5 Å². The lowest BCUT2D eigenvalue weighted by Crippen LogP contribution is -2.62. The van der Waals surface area contributed by atoms with Crippen LogP contribution in [0.25, 0.3) is 24.3 Å². The molecule has 2 atom stereocenters. The molecule has 23 heteroatoms. The zero-order chi connectivity index (χ0) is 54.3. The molecule has 75 heavy (non-hydrogen) atoms. The van der Waals surface area contributed by atoms with Crippen LogP contribution in [0.15, 0.2) is 176 Å². The summed E-state index contributed by atoms with van der Waals surface area (Å²) in [5.41, 5.74) is -5.11. The topological polar surface area (TPSA) is 312 Å². The molecule has 4 aromatic carbocycles. The van der Waals surface area contributed by atoms with Crippen molar-refractivity contribution in [3.63, 3.8) is 0 Å². The Morgan fingerprint density at radius 1 is 0.467 bits per heavy atom. The fourth-order valence-corrected chi connectivity index (χ4v) is 11.2. The van der Waals surface area contributed by atoms with Gasteiger partial charge in [-0.05, 0) is 95.1 Å². The van der Waals surface area contributed by atoms with Gasteiger partial charge in [0.2, 0.25) is 33.5 Å². The van der Waals surface area contributed by atoms with E-state index in [0.717, 1.165) is 24.3 Å². The number of nitrogens with one attached hydrogen (secondary N) is 4. The molecular weight excluding hydrogens is 1030 g/mol. The van der Waals surface area contributed by atoms with Crippen molar-refractivity contribution >= 4 is 90.6 Å². The third-order valence-electron chi connectivity index (χ3n) is 11.3. The Morgan fingerprint density at radius 2 is 0.720 bits per heavy atom. The minimum Gasteiger partial charge on any atom is -0.497 e. The van der Waals surface area contributed by atoms with Crippen molar-refractivity contribution in [2.24, 2.45) is 0 Å². The minimum atomic E-state index is -5.65. The monoisotopic (exact) mass is 1070 g/mol. The lowest BCUT2D eigenvalue weighted by atomic mass is 9.91. The first-order valence-electron chi connectivity index (χ1n) is 21.8. The van der Waals surface area contributed by atoms with Crippen LogP contribution in [-0.2, 0) is 49.3 Å². The average Bonchev–Trinajstić information content (AvgIpc) is 3.58. The van der Waals surface area contributed by atoms with Gasteiger partial charge in [-0.25, -0.2) is 8.42 Å². The van der Waals surface area contributed by atoms with Gasteiger partial charge in [-0.3, -0.25) is 37.9 Å². The molecule has 0 radical (unpaired) electrons. The van der Waals surface area contributed by atoms with Gasteiger partial charge >= 0.3 is 0 Å². The van der Waals surface area contributed by atoms with E-state index in [-0.39, 0.29) is 0 Å². The maximum atomic E-state index is 15.0. The van der Waals surface area contributed by atoms with Gasteiger partial charge in [0, 0.05) is 46.6 Å². The molecule has 1 heterocycles. The molecule has 384 valence electrons. The number of sulfone groups is 1. The van der Waals surface area contributed by atoms with E-state index >= 15 is 8.42 Å². The molecule has 2 aliphatic carbocycles. The van der Waals surface area contributed by atoms with Gasteiger partial charge < -0.3 is 30.7 Å². The number of rotatable bonds is 18. The number of amides is 4. The van der Waals surface area contributed by atoms with Crippen LogP contribution in [0.1, 0.15) is 43.0 Å². The summed E-state index contributed by atoms with van der Waals surface area (Å²) in [5, 5.41) is 9.09. The van der Waals surface area contributed by atoms with Gasteiger partial charge in [0.25, 0.3) is 20.2 Å². The predicted molar refractivity (Wildman–Crippen MR) is 275 cm³/mol. The Kier molecular flexibility index (Phi) is 15.6. The smallest absolute Gasteiger partial charge is 0.295 e. The molecule has 6 N–H and O–H groups in total. The lowest BCUT2D eigenvalue weighted by Gasteiger charge is -2.36. The number of hydrogen-bond donors (Lipinski definition) is 6. The molecule has 0 aromatic heterocycles. The second-order valence-electron chi connectivity index (χ2n) is 16.3. The second kappa shape index (κ2) is 21.7. The number of fused-ring (bicyclic) bond motifs is 2. The SMILES string of the molecule is COc1ccc(C=CC(=O)NC2(NC(=O)C=Cc3ccc(C=O)cc3)C=C3C(=C4C=C(S(=O)(=O)O)C(NC(=O)C=Cc5ccc(C=O)cc5)(NC(=O)C=Cc5ccc(OC)cc5)C=C4S3(=O)=O)C=C2S(=O)(=O)O)cc1. The predicted octanol–water partition coefficient (Wildman–Crippen LogP) is 4.40. The number of carbonyl (C=O) groups excluding carboxylic acids is 6. The highest BCUT2D eigenvalue weighted by atomic mass is 32.2. The van der Waals surface area contributed by atoms with Crippen LogP contribution < -0.4 is 30.7 Å². The second-order valence-corrected chi connectivity index (χ2v) is 21.0. The Hall–Kier alpha value is -8.87. The molecule has 0 fully saturated rings. The van der Waals surface area contributed by atoms with E-state index in [9.17, 15) is 54.7 Å². The maximum Gasteiger partial charge on any atom is 0.295 e. The van der Waals surface area contributed by atoms with Gasteiger partial charge in [0.05, 0.1) is 24.0 Å². The molecule has 0 saturated carbocycles. The first kappa shape index (κ1) is 53.9. The highest BCUT2D eigenvalue weighted by Crippen LogP contribution is 2.50. The van der Waals surface area contributed by atoms with Crippen molar-refractivity contribution in [3.05, 3.63) is 210 Å². The molecule has 3 aliphatic rings. The van der Waals surface area contributed by atoms with Crippen molar-refractivity contribution in [2.45, 2.75) is 11.3 Å². The Labute approximate surface area is 429 Å². The summed E-state index contributed by atoms with van der Waals surface area (Å²) in [5.74, 6) is -3.75. The molecule has 20 nitrogen and oxygen atoms in total. The van der Waals surface area contributed by atoms with Crippen LogP contribution in [0.2, 0.25) is 0 Å². The molecule has 4 amide bonds. The molecule has 1 aliphatic heterocycles. The number of allylic oxidation sites excluding steroid dienone is 4. The summed E-state index contributed by atoms with van der Waals surface area (Å²) in [6.07, 6.45) is 11.9. The van der Waals surface area contributed by atoms with Crippen LogP contribution in [-0.4, -0.2) is 96.1 Å². The van der Waals surface area contributed by atoms with Gasteiger partial charge in [-0.15, -0.1) is 0 Å². The van der Waals surface area contributed by atoms with Gasteiger partial charge in [-0.2, -0.15) is 16.8 Å². The highest BCUT2D eigenvalue weighted by molar-refractivity contribution is 8.00. The van der Waals surface area contributed by atoms with Crippen molar-refractivity contribution in [1.29, 1.82) is 0 Å². The number of hydrogen-bond acceptors (Lipinski definition) is 14. The first-order valence-corrected chi connectivity index (χ1v) is 26.1. The number of aldehydes is 2. The number of benzene rings is 4. The van der Waals surface area contributed by atoms with Gasteiger partial charge in [0.1, 0.15) is 33.9 Å². The van der Waals surface area contributed by atoms with E-state index < -0.39 is 95.8 Å². The zero-order valence-corrected chi connectivity index (χ0v) is 41.6. The number of ether oxygens (including phenoxy) is 2. The lowest BCUT2D eigenvalue weighted by molar-refractivity contribution is -0.122. The Balaban J connectivity index is 1.39. The van der Waals surface area contributed by atoms with Crippen molar-refractivity contribution < 1.29 is 72.6 Å². The van der Waals surface area contributed by atoms with Crippen molar-refractivity contribution in [2.75, 3.05) is 14.2 Å². The van der Waals surface area contributed by atoms with E-state index in [1.807, 2.05) is 0 Å². The summed E-state index contributed by atoms with van der Waals surface area (Å²) in [6.45, 7) is 0. The maximum absolute atomic E-state index is 15.0. The van der Waals surface area contributed by atoms with E-state index in [4.69, 9.17) is 9.47 Å². The van der Waals surface area contributed by atoms with Crippen LogP contribution >= 0.6 is 0 Å². The first-order chi connectivity index (χ1) is 35.5. The van der Waals surface area contributed by atoms with E-state index in [1.54, 1.807) is 48.5 Å². The summed E-state index contributed by atoms with van der Waals surface area (Å²) in [7, 11) is -13.6. The molecule has 0 spiro atoms. The molecule has 4 aromatic rings. The van der Waals surface area contributed by atoms with Crippen LogP contribution in [0, 0.1) is 0 Å². The molecule has 0 bridgehead atoms. The standard InChI is InChI=1S/C52H42N4O16S3/c1-71-39-19-11-35(12-20-39)17-25-49(61)55-51(53-47(59)23-15-33-3-7-37(31-57)8-4-33)29-43-41(27-45(51)74(65,66)67)42-28-46(75(68,69)70)52(30-44(42)73(43,63)64,54-48(60)24-16-34-5-9-38(32-58)10-6-34)56-50(62)26-18-36-13-21-40(72-2)22-14-36/h3-32H,1-2H3,(H,53,59)(H,54,60)(H,55,61)(H,56,62)(H,65,66,67)(H,68,69,70). The molecule has 2 unspecified atom stereocenters. The van der Waals surface area contributed by atoms with Gasteiger partial charge in [0.15, 0.2) is 11.3 Å². The van der Waals surface area contributed by atoms with Gasteiger partial charge in [-0.1, -0.05) is 72.8 Å². The van der Waals surface area contributed by atoms with Crippen LogP contribution in [0.4, 0.5) is 0 Å². The summed E-state index contributed by atoms with van der Waals surface area (Å²) in [6, 6.07) is 24.0. The fraction of sp³-hybridized carbons (Fsp3) is 0.0769. The summed E-state index contributed by atoms with van der Waals surface area (Å²) in [4.78, 5) is 73.5. The Morgan fingerprint density at radius 3 is 0.960 bits per heavy atom. The summed E-state index contributed by atoms with van der Waals surface area (Å²) >= 11 is 0. The third-order valence-corrected chi connectivity index (χ3v) is 15.2. The third kappa shape index (κ3) is 12.3. The molecular formula is C52H42N4O16S3. The minimum absolute atomic E-state index is 0.300. The zero-order valence-electron chi connectivity index (χ0n) is 39.2. The average molecular weight is 1080 g/mol. The number of carbonyl (C=O) groups is 6. The van der Waals surface area contributed by atoms with Crippen molar-refractivity contribution in [1.82, 2.24) is 21.3 Å².